The molecular formula is C116H192N2O17P2. The van der Waals surface area contributed by atoms with Gasteiger partial charge in [-0.3, -0.25) is 23.2 Å². The predicted molar refractivity (Wildman–Crippen MR) is 574 cm³/mol. The number of rotatable bonds is 71. The number of aliphatic hydroxyl groups excluding tert-OH is 6. The Morgan fingerprint density at radius 2 is 0.474 bits per heavy atom. The normalized spacial score (nSPS) is 21.8. The Morgan fingerprint density at radius 3 is 0.650 bits per heavy atom. The standard InChI is InChI=1S/C116H192N2O17P2/c1-85(2)43-24-44-86(3)45-25-46-87(4)47-26-48-88(5)49-27-50-89(6)51-28-52-90(7)53-29-54-91(8)55-30-56-92(9)57-31-58-93(10)59-32-60-94(11)61-33-62-95(12)63-34-64-96(13)65-35-66-97(14)67-36-68-98(15)69-37-70-99(16)71-38-72-100(17)73-39-74-101(18)75-40-76-102(19)77-41-78-103(20)79-42-80-104(21)81-82-130-136(127,128)135-137(129,133-115-109(117-105(22)121)113(125)111(123)107(83-119)131-115)134-116-110(118-106(23)122)114(126)112(124)108(84-120)132-116/h43,45,47,49,51,53,55,57,59,61,63,65,67,69,71,73,75,77,79,104,107-116,119-120,123-126H,24-42,44,46,48,50,52,54,56,58,60,62,64,66,68,70,72,74,76,78,80-84H2,1-23H3,(H,117,121)(H,118,122)(H,127,128)/b86-45+,87-47+,88-49+,89-51+,90-53+,91-55+,92-57+,93-59+,94-61+,95-63+,96-65+,97-67+,98-69+,99-71+,100-73+,101-75+,102-77+,103-79-/t104?,107-,108-,109-,110-,111-,112-,113-,114-,115+,116+/m1/s1. The van der Waals surface area contributed by atoms with Crippen LogP contribution in [0, 0.1) is 5.92 Å². The summed E-state index contributed by atoms with van der Waals surface area (Å²) in [6.45, 7) is 47.1. The SMILES string of the molecule is CC(=O)N[C@H]1[C@H](OP(=O)(O[C@@H]2O[C@H](CO)[C@@H](O)[C@H](O)[C@H]2NC(C)=O)OP(=O)(O)OCCC(C)CC/C=C(/C)CC/C=C(\C)CC/C=C(\C)CC/C=C(\C)CC/C=C(\C)CC/C=C(\C)CC/C=C(\C)CC/C=C(\C)CC/C=C(\C)CC/C=C(\C)CC/C=C(\C)CC/C=C(\C)CC/C=C(\C)CC/C=C(\C)CC/C=C(\C)CC/C=C(\C)CC/C=C(\C)CC/C=C(\C)CCC=C(C)C)O[C@H](CO)[C@@H](O)[C@@H]1O. The molecule has 21 heteroatoms. The van der Waals surface area contributed by atoms with Gasteiger partial charge in [-0.25, -0.2) is 9.13 Å². The van der Waals surface area contributed by atoms with E-state index in [9.17, 15) is 54.3 Å². The molecule has 0 aromatic heterocycles. The highest BCUT2D eigenvalue weighted by Crippen LogP contribution is 2.65. The molecule has 137 heavy (non-hydrogen) atoms. The van der Waals surface area contributed by atoms with Gasteiger partial charge in [-0.05, 0) is 395 Å². The largest absolute Gasteiger partial charge is 0.488 e. The van der Waals surface area contributed by atoms with E-state index in [0.717, 1.165) is 232 Å². The maximum absolute atomic E-state index is 14.6. The average molecular weight is 1950 g/mol. The first-order valence-electron chi connectivity index (χ1n) is 51.8. The molecular weight excluding hydrogens is 1760 g/mol. The second-order valence-corrected chi connectivity index (χ2v) is 43.4. The minimum atomic E-state index is -5.72. The number of aliphatic hydroxyl groups is 6. The fourth-order valence-electron chi connectivity index (χ4n) is 16.4. The first-order chi connectivity index (χ1) is 64.9. The summed E-state index contributed by atoms with van der Waals surface area (Å²) in [7, 11) is -11.2. The zero-order chi connectivity index (χ0) is 102. The molecule has 2 unspecified atom stereocenters. The summed E-state index contributed by atoms with van der Waals surface area (Å²) < 4.78 is 60.4. The van der Waals surface area contributed by atoms with Gasteiger partial charge in [0.1, 0.15) is 48.7 Å². The van der Waals surface area contributed by atoms with Gasteiger partial charge in [0.2, 0.25) is 11.8 Å². The summed E-state index contributed by atoms with van der Waals surface area (Å²) in [5.41, 5.74) is 28.0. The lowest BCUT2D eigenvalue weighted by Gasteiger charge is -2.44. The number of carbonyl (C=O) groups is 2. The van der Waals surface area contributed by atoms with Gasteiger partial charge in [0, 0.05) is 13.8 Å². The van der Waals surface area contributed by atoms with Crippen LogP contribution in [0.4, 0.5) is 0 Å². The van der Waals surface area contributed by atoms with Gasteiger partial charge in [0.15, 0.2) is 12.6 Å². The van der Waals surface area contributed by atoms with Gasteiger partial charge >= 0.3 is 15.6 Å². The van der Waals surface area contributed by atoms with Crippen molar-refractivity contribution < 1.29 is 81.6 Å². The highest BCUT2D eigenvalue weighted by atomic mass is 31.3. The van der Waals surface area contributed by atoms with Crippen molar-refractivity contribution in [2.75, 3.05) is 19.8 Å². The van der Waals surface area contributed by atoms with E-state index in [1.807, 2.05) is 6.92 Å². The van der Waals surface area contributed by atoms with Crippen molar-refractivity contribution in [1.82, 2.24) is 10.6 Å². The van der Waals surface area contributed by atoms with Crippen LogP contribution in [0.15, 0.2) is 221 Å². The summed E-state index contributed by atoms with van der Waals surface area (Å²) >= 11 is 0. The number of hydrogen-bond donors (Lipinski definition) is 9. The van der Waals surface area contributed by atoms with Crippen molar-refractivity contribution in [2.24, 2.45) is 5.92 Å². The number of amides is 2. The van der Waals surface area contributed by atoms with E-state index < -0.39 is 102 Å². The van der Waals surface area contributed by atoms with Crippen LogP contribution in [-0.4, -0.2) is 128 Å². The molecule has 2 aliphatic heterocycles. The van der Waals surface area contributed by atoms with Crippen molar-refractivity contribution in [3.8, 4) is 0 Å². The van der Waals surface area contributed by atoms with Gasteiger partial charge in [0.25, 0.3) is 0 Å². The molecule has 0 aromatic carbocycles. The molecule has 2 aliphatic rings. The summed E-state index contributed by atoms with van der Waals surface area (Å²) in [4.78, 5) is 35.3. The molecule has 0 saturated carbocycles. The van der Waals surface area contributed by atoms with Gasteiger partial charge in [-0.2, -0.15) is 4.31 Å². The monoisotopic (exact) mass is 1950 g/mol. The first-order valence-corrected chi connectivity index (χ1v) is 54.8. The van der Waals surface area contributed by atoms with Crippen LogP contribution < -0.4 is 10.6 Å². The molecule has 12 atom stereocenters. The van der Waals surface area contributed by atoms with Crippen LogP contribution in [0.25, 0.3) is 0 Å². The Kier molecular flexibility index (Phi) is 68.5. The Balaban J connectivity index is 1.62. The topological polar surface area (TPSA) is 289 Å². The van der Waals surface area contributed by atoms with Crippen molar-refractivity contribution >= 4 is 27.5 Å². The second kappa shape index (κ2) is 73.9. The van der Waals surface area contributed by atoms with E-state index >= 15 is 0 Å². The van der Waals surface area contributed by atoms with E-state index in [1.54, 1.807) is 0 Å². The average Bonchev–Trinajstić information content (AvgIpc) is 0.773. The van der Waals surface area contributed by atoms with E-state index in [0.29, 0.717) is 6.42 Å². The molecule has 9 N–H and O–H groups in total. The summed E-state index contributed by atoms with van der Waals surface area (Å²) in [5, 5.41) is 67.1. The Bertz CT molecular complexity index is 4210. The lowest BCUT2D eigenvalue weighted by Crippen LogP contribution is -2.65. The Hall–Kier alpha value is -6.06. The number of carbonyl (C=O) groups excluding carboxylic acids is 2. The molecule has 0 spiro atoms. The van der Waals surface area contributed by atoms with Gasteiger partial charge < -0.3 is 55.6 Å². The fourth-order valence-corrected chi connectivity index (χ4v) is 19.2. The molecule has 0 radical (unpaired) electrons. The smallest absolute Gasteiger partial charge is 0.394 e. The summed E-state index contributed by atoms with van der Waals surface area (Å²) in [6.07, 6.45) is 72.7. The number of phosphoric ester groups is 2. The number of allylic oxidation sites excluding steroid dienone is 38. The van der Waals surface area contributed by atoms with Crippen LogP contribution in [0.3, 0.4) is 0 Å². The highest BCUT2D eigenvalue weighted by Gasteiger charge is 2.54. The van der Waals surface area contributed by atoms with E-state index in [4.69, 9.17) is 27.4 Å². The lowest BCUT2D eigenvalue weighted by molar-refractivity contribution is -0.264. The molecule has 2 heterocycles. The number of hydrogen-bond acceptors (Lipinski definition) is 16. The molecule has 0 bridgehead atoms. The van der Waals surface area contributed by atoms with Crippen molar-refractivity contribution in [2.45, 2.75) is 471 Å². The van der Waals surface area contributed by atoms with Gasteiger partial charge in [-0.1, -0.05) is 228 Å². The molecule has 2 rings (SSSR count). The molecule has 778 valence electrons. The van der Waals surface area contributed by atoms with Gasteiger partial charge in [0.05, 0.1) is 19.8 Å². The maximum Gasteiger partial charge on any atom is 0.488 e. The Morgan fingerprint density at radius 1 is 0.292 bits per heavy atom. The molecule has 0 aliphatic carbocycles. The molecule has 19 nitrogen and oxygen atoms in total. The van der Waals surface area contributed by atoms with Crippen LogP contribution >= 0.6 is 15.6 Å². The lowest BCUT2D eigenvalue weighted by atomic mass is 9.97. The van der Waals surface area contributed by atoms with Crippen molar-refractivity contribution in [3.05, 3.63) is 221 Å². The maximum atomic E-state index is 14.6. The zero-order valence-electron chi connectivity index (χ0n) is 89.6. The number of nitrogens with one attached hydrogen (secondary N) is 2. The summed E-state index contributed by atoms with van der Waals surface area (Å²) in [5.74, 6) is -1.62. The molecule has 0 aromatic rings. The molecule has 2 saturated heterocycles. The van der Waals surface area contributed by atoms with Gasteiger partial charge in [-0.15, -0.1) is 0 Å². The van der Waals surface area contributed by atoms with Crippen LogP contribution in [-0.2, 0) is 46.1 Å². The van der Waals surface area contributed by atoms with Crippen LogP contribution in [0.2, 0.25) is 0 Å². The third kappa shape index (κ3) is 63.6. The number of ether oxygens (including phenoxy) is 2. The number of phosphoric acid groups is 2. The highest BCUT2D eigenvalue weighted by molar-refractivity contribution is 7.61. The molecule has 2 fully saturated rings. The fraction of sp³-hybridized carbons (Fsp3) is 0.655. The Labute approximate surface area is 832 Å². The molecule has 2 amide bonds. The third-order valence-corrected chi connectivity index (χ3v) is 28.9. The van der Waals surface area contributed by atoms with Crippen molar-refractivity contribution in [3.63, 3.8) is 0 Å². The van der Waals surface area contributed by atoms with Crippen molar-refractivity contribution in [1.29, 1.82) is 0 Å². The van der Waals surface area contributed by atoms with E-state index in [-0.39, 0.29) is 18.9 Å². The van der Waals surface area contributed by atoms with E-state index in [2.05, 4.69) is 265 Å². The van der Waals surface area contributed by atoms with E-state index in [1.165, 1.54) is 125 Å². The third-order valence-electron chi connectivity index (χ3n) is 25.8. The first kappa shape index (κ1) is 127. The minimum Gasteiger partial charge on any atom is -0.394 e. The minimum absolute atomic E-state index is 0.0244. The predicted octanol–water partition coefficient (Wildman–Crippen LogP) is 30.0. The van der Waals surface area contributed by atoms with Crippen LogP contribution in [0.1, 0.15) is 410 Å². The second-order valence-electron chi connectivity index (χ2n) is 40.3. The zero-order valence-corrected chi connectivity index (χ0v) is 91.4. The quantitative estimate of drug-likeness (QED) is 0.0202. The van der Waals surface area contributed by atoms with Crippen LogP contribution in [0.5, 0.6) is 0 Å². The summed E-state index contributed by atoms with van der Waals surface area (Å²) in [6, 6.07) is -3.51.